The van der Waals surface area contributed by atoms with Crippen molar-refractivity contribution in [1.82, 2.24) is 20.4 Å². The molecule has 0 bridgehead atoms. The number of hydrogen-bond donors (Lipinski definition) is 2. The highest BCUT2D eigenvalue weighted by atomic mass is 16.2. The number of nitrogens with one attached hydrogen (secondary N) is 2. The second-order valence-corrected chi connectivity index (χ2v) is 9.83. The molecule has 7 nitrogen and oxygen atoms in total. The minimum atomic E-state index is -0.844. The highest BCUT2D eigenvalue weighted by Crippen LogP contribution is 2.46. The molecule has 3 aliphatic rings. The molecule has 1 spiro atoms. The number of urea groups is 1. The van der Waals surface area contributed by atoms with E-state index in [9.17, 15) is 14.4 Å². The summed E-state index contributed by atoms with van der Waals surface area (Å²) in [4.78, 5) is 42.1. The Labute approximate surface area is 168 Å². The van der Waals surface area contributed by atoms with Crippen LogP contribution in [-0.2, 0) is 9.59 Å². The molecule has 2 heterocycles. The van der Waals surface area contributed by atoms with E-state index in [1.807, 2.05) is 4.90 Å². The predicted molar refractivity (Wildman–Crippen MR) is 108 cm³/mol. The van der Waals surface area contributed by atoms with Crippen LogP contribution in [0, 0.1) is 11.3 Å². The summed E-state index contributed by atoms with van der Waals surface area (Å²) in [7, 11) is 0. The van der Waals surface area contributed by atoms with Gasteiger partial charge >= 0.3 is 6.03 Å². The Kier molecular flexibility index (Phi) is 6.03. The zero-order valence-electron chi connectivity index (χ0n) is 17.8. The number of rotatable bonds is 5. The fourth-order valence-electron chi connectivity index (χ4n) is 5.75. The largest absolute Gasteiger partial charge is 0.338 e. The number of hydrogen-bond acceptors (Lipinski definition) is 4. The van der Waals surface area contributed by atoms with Gasteiger partial charge in [0.25, 0.3) is 5.91 Å². The molecule has 2 unspecified atom stereocenters. The Balaban J connectivity index is 1.73. The van der Waals surface area contributed by atoms with Crippen LogP contribution >= 0.6 is 0 Å². The van der Waals surface area contributed by atoms with Gasteiger partial charge in [0.1, 0.15) is 12.1 Å². The number of piperidine rings is 1. The first kappa shape index (κ1) is 21.1. The molecule has 0 aromatic heterocycles. The van der Waals surface area contributed by atoms with E-state index in [4.69, 9.17) is 0 Å². The normalized spacial score (nSPS) is 30.6. The Morgan fingerprint density at radius 3 is 2.50 bits per heavy atom. The van der Waals surface area contributed by atoms with E-state index in [0.717, 1.165) is 38.8 Å². The van der Waals surface area contributed by atoms with Crippen molar-refractivity contribution in [3.8, 4) is 0 Å². The van der Waals surface area contributed by atoms with Gasteiger partial charge in [0.2, 0.25) is 5.91 Å². The van der Waals surface area contributed by atoms with Crippen LogP contribution in [0.4, 0.5) is 4.79 Å². The Morgan fingerprint density at radius 1 is 1.21 bits per heavy atom. The van der Waals surface area contributed by atoms with Gasteiger partial charge in [-0.2, -0.15) is 0 Å². The van der Waals surface area contributed by atoms with Gasteiger partial charge < -0.3 is 15.5 Å². The first-order chi connectivity index (χ1) is 13.2. The third kappa shape index (κ3) is 4.19. The van der Waals surface area contributed by atoms with E-state index >= 15 is 0 Å². The fourth-order valence-corrected chi connectivity index (χ4v) is 5.75. The maximum Gasteiger partial charge on any atom is 0.325 e. The van der Waals surface area contributed by atoms with Crippen molar-refractivity contribution in [2.45, 2.75) is 77.8 Å². The summed E-state index contributed by atoms with van der Waals surface area (Å²) in [6.45, 7) is 10.8. The zero-order chi connectivity index (χ0) is 20.5. The van der Waals surface area contributed by atoms with Crippen LogP contribution in [0.1, 0.15) is 66.2 Å². The van der Waals surface area contributed by atoms with Gasteiger partial charge in [0, 0.05) is 12.6 Å². The highest BCUT2D eigenvalue weighted by Gasteiger charge is 2.56. The first-order valence-corrected chi connectivity index (χ1v) is 10.8. The second kappa shape index (κ2) is 8.01. The molecule has 2 aliphatic heterocycles. The van der Waals surface area contributed by atoms with Gasteiger partial charge in [0.05, 0.1) is 0 Å². The van der Waals surface area contributed by atoms with Crippen LogP contribution in [0.25, 0.3) is 0 Å². The van der Waals surface area contributed by atoms with Crippen LogP contribution in [0.5, 0.6) is 0 Å². The third-order valence-corrected chi connectivity index (χ3v) is 6.45. The second-order valence-electron chi connectivity index (χ2n) is 9.83. The molecule has 2 atom stereocenters. The SMILES string of the molecule is CCCN(C(=O)CN1C(=O)NC2(CC(C)CC(C)(C)C2)C1=O)C1CCNCC1. The van der Waals surface area contributed by atoms with E-state index in [2.05, 4.69) is 38.3 Å². The smallest absolute Gasteiger partial charge is 0.325 e. The van der Waals surface area contributed by atoms with Gasteiger partial charge in [-0.1, -0.05) is 27.7 Å². The van der Waals surface area contributed by atoms with Crippen LogP contribution in [-0.4, -0.2) is 65.4 Å². The average Bonchev–Trinajstić information content (AvgIpc) is 2.82. The van der Waals surface area contributed by atoms with Crippen molar-refractivity contribution < 1.29 is 14.4 Å². The van der Waals surface area contributed by atoms with E-state index < -0.39 is 11.6 Å². The number of nitrogens with zero attached hydrogens (tertiary/aromatic N) is 2. The maximum absolute atomic E-state index is 13.3. The average molecular weight is 393 g/mol. The number of carbonyl (C=O) groups excluding carboxylic acids is 3. The minimum absolute atomic E-state index is 0.00995. The van der Waals surface area contributed by atoms with Gasteiger partial charge in [0.15, 0.2) is 0 Å². The molecule has 3 rings (SSSR count). The summed E-state index contributed by atoms with van der Waals surface area (Å²) in [5, 5.41) is 6.29. The summed E-state index contributed by atoms with van der Waals surface area (Å²) in [6.07, 6.45) is 5.02. The molecule has 158 valence electrons. The lowest BCUT2D eigenvalue weighted by atomic mass is 9.64. The lowest BCUT2D eigenvalue weighted by molar-refractivity contribution is -0.142. The maximum atomic E-state index is 13.3. The van der Waals surface area contributed by atoms with Gasteiger partial charge in [-0.15, -0.1) is 0 Å². The molecule has 1 aliphatic carbocycles. The molecule has 2 N–H and O–H groups in total. The molecule has 7 heteroatoms. The van der Waals surface area contributed by atoms with E-state index in [1.165, 1.54) is 4.90 Å². The fraction of sp³-hybridized carbons (Fsp3) is 0.857. The summed E-state index contributed by atoms with van der Waals surface area (Å²) < 4.78 is 0. The molecule has 0 radical (unpaired) electrons. The van der Waals surface area contributed by atoms with Crippen LogP contribution in [0.15, 0.2) is 0 Å². The predicted octanol–water partition coefficient (Wildman–Crippen LogP) is 2.11. The van der Waals surface area contributed by atoms with Crippen molar-refractivity contribution in [1.29, 1.82) is 0 Å². The van der Waals surface area contributed by atoms with E-state index in [0.29, 0.717) is 25.3 Å². The summed E-state index contributed by atoms with van der Waals surface area (Å²) in [6, 6.07) is -0.220. The summed E-state index contributed by atoms with van der Waals surface area (Å²) in [5.74, 6) is 0.0274. The van der Waals surface area contributed by atoms with Crippen molar-refractivity contribution in [2.24, 2.45) is 11.3 Å². The topological polar surface area (TPSA) is 81.8 Å². The van der Waals surface area contributed by atoms with Gasteiger partial charge in [-0.3, -0.25) is 14.5 Å². The molecule has 2 saturated heterocycles. The lowest BCUT2D eigenvalue weighted by Gasteiger charge is -2.43. The first-order valence-electron chi connectivity index (χ1n) is 10.8. The number of amides is 4. The quantitative estimate of drug-likeness (QED) is 0.702. The van der Waals surface area contributed by atoms with Crippen LogP contribution in [0.2, 0.25) is 0 Å². The lowest BCUT2D eigenvalue weighted by Crippen LogP contribution is -2.54. The highest BCUT2D eigenvalue weighted by molar-refractivity contribution is 6.09. The molecule has 1 saturated carbocycles. The van der Waals surface area contributed by atoms with E-state index in [-0.39, 0.29) is 29.8 Å². The molecular formula is C21H36N4O3. The molecule has 4 amide bonds. The molecule has 0 aromatic rings. The minimum Gasteiger partial charge on any atom is -0.338 e. The van der Waals surface area contributed by atoms with Crippen molar-refractivity contribution in [2.75, 3.05) is 26.2 Å². The third-order valence-electron chi connectivity index (χ3n) is 6.45. The zero-order valence-corrected chi connectivity index (χ0v) is 17.8. The van der Waals surface area contributed by atoms with Gasteiger partial charge in [-0.05, 0) is 62.9 Å². The molecular weight excluding hydrogens is 356 g/mol. The molecule has 0 aromatic carbocycles. The Morgan fingerprint density at radius 2 is 1.89 bits per heavy atom. The van der Waals surface area contributed by atoms with Crippen molar-refractivity contribution in [3.05, 3.63) is 0 Å². The Hall–Kier alpha value is -1.63. The van der Waals surface area contributed by atoms with Crippen molar-refractivity contribution in [3.63, 3.8) is 0 Å². The summed E-state index contributed by atoms with van der Waals surface area (Å²) >= 11 is 0. The monoisotopic (exact) mass is 392 g/mol. The van der Waals surface area contributed by atoms with Crippen LogP contribution < -0.4 is 10.6 Å². The number of imide groups is 1. The number of carbonyl (C=O) groups is 3. The molecule has 28 heavy (non-hydrogen) atoms. The van der Waals surface area contributed by atoms with Crippen molar-refractivity contribution >= 4 is 17.8 Å². The van der Waals surface area contributed by atoms with Gasteiger partial charge in [-0.25, -0.2) is 4.79 Å². The molecule has 3 fully saturated rings. The van der Waals surface area contributed by atoms with E-state index in [1.54, 1.807) is 0 Å². The Bertz CT molecular complexity index is 629. The van der Waals surface area contributed by atoms with Crippen LogP contribution in [0.3, 0.4) is 0 Å². The standard InChI is InChI=1S/C21H36N4O3/c1-5-10-24(16-6-8-22-9-7-16)17(26)13-25-18(27)21(23-19(25)28)12-15(2)11-20(3,4)14-21/h15-16,22H,5-14H2,1-4H3,(H,23,28). The summed E-state index contributed by atoms with van der Waals surface area (Å²) in [5.41, 5.74) is -0.854.